The summed E-state index contributed by atoms with van der Waals surface area (Å²) < 4.78 is 23.7. The van der Waals surface area contributed by atoms with Crippen LogP contribution in [0.2, 0.25) is 0 Å². The zero-order valence-corrected chi connectivity index (χ0v) is 54.8. The topological polar surface area (TPSA) is 77.4 Å². The van der Waals surface area contributed by atoms with Crippen LogP contribution in [0.4, 0.5) is 0 Å². The van der Waals surface area contributed by atoms with Gasteiger partial charge in [0.25, 0.3) is 0 Å². The molecule has 6 nitrogen and oxygen atoms in total. The van der Waals surface area contributed by atoms with E-state index in [-0.39, 0.29) is 11.5 Å². The number of ether oxygens (including phenoxy) is 4. The van der Waals surface area contributed by atoms with Crippen molar-refractivity contribution in [3.63, 3.8) is 0 Å². The third kappa shape index (κ3) is 19.7. The molecule has 0 bridgehead atoms. The molecule has 0 fully saturated rings. The molecule has 13 rings (SSSR count). The molecule has 2 N–H and O–H groups in total. The fourth-order valence-electron chi connectivity index (χ4n) is 10.3. The highest BCUT2D eigenvalue weighted by Crippen LogP contribution is 2.33. The van der Waals surface area contributed by atoms with E-state index in [4.69, 9.17) is 18.9 Å². The van der Waals surface area contributed by atoms with Crippen LogP contribution in [-0.4, -0.2) is 10.2 Å². The van der Waals surface area contributed by atoms with Gasteiger partial charge in [-0.05, 0) is 140 Å². The van der Waals surface area contributed by atoms with E-state index >= 15 is 0 Å². The molecule has 0 aliphatic carbocycles. The molecule has 0 unspecified atom stereocenters. The number of rotatable bonds is 12. The molecule has 6 heteroatoms. The highest BCUT2D eigenvalue weighted by molar-refractivity contribution is 5.91. The Labute approximate surface area is 535 Å². The Kier molecular flexibility index (Phi) is 28.4. The third-order valence-electron chi connectivity index (χ3n) is 14.3. The first-order chi connectivity index (χ1) is 44.1. The Morgan fingerprint density at radius 2 is 0.600 bits per heavy atom. The van der Waals surface area contributed by atoms with Gasteiger partial charge in [-0.15, -0.1) is 0 Å². The maximum absolute atomic E-state index is 9.90. The maximum atomic E-state index is 9.90. The lowest BCUT2D eigenvalue weighted by Crippen LogP contribution is -2.00. The number of benzene rings is 13. The maximum Gasteiger partial charge on any atom is 0.131 e. The summed E-state index contributed by atoms with van der Waals surface area (Å²) in [4.78, 5) is 0. The largest absolute Gasteiger partial charge is 0.508 e. The summed E-state index contributed by atoms with van der Waals surface area (Å²) in [7, 11) is 0. The van der Waals surface area contributed by atoms with Crippen molar-refractivity contribution in [1.82, 2.24) is 0 Å². The van der Waals surface area contributed by atoms with Crippen LogP contribution < -0.4 is 18.9 Å². The van der Waals surface area contributed by atoms with Crippen molar-refractivity contribution in [2.75, 3.05) is 0 Å². The summed E-state index contributed by atoms with van der Waals surface area (Å²) in [6.07, 6.45) is 0. The average Bonchev–Trinajstić information content (AvgIpc) is 2.09. The summed E-state index contributed by atoms with van der Waals surface area (Å²) in [5.74, 6) is 3.74. The Balaban J connectivity index is 0.000000184. The second-order valence-corrected chi connectivity index (χ2v) is 20.4. The fraction of sp³-hybridized carbons (Fsp3) is 0.190. The number of aryl methyl sites for hydroxylation is 4. The molecule has 0 aliphatic heterocycles. The molecule has 13 aromatic rings. The van der Waals surface area contributed by atoms with E-state index in [1.807, 2.05) is 134 Å². The van der Waals surface area contributed by atoms with Crippen LogP contribution in [0.25, 0.3) is 53.9 Å². The van der Waals surface area contributed by atoms with Crippen molar-refractivity contribution < 1.29 is 29.2 Å². The van der Waals surface area contributed by atoms with Crippen LogP contribution in [0, 0.1) is 27.7 Å². The van der Waals surface area contributed by atoms with Crippen molar-refractivity contribution in [1.29, 1.82) is 0 Å². The van der Waals surface area contributed by atoms with Crippen LogP contribution in [0.3, 0.4) is 0 Å². The van der Waals surface area contributed by atoms with Crippen molar-refractivity contribution in [2.45, 2.75) is 110 Å². The molecule has 0 heterocycles. The minimum Gasteiger partial charge on any atom is -0.508 e. The fourth-order valence-corrected chi connectivity index (χ4v) is 10.3. The first kappa shape index (κ1) is 69.1. The van der Waals surface area contributed by atoms with E-state index in [2.05, 4.69) is 185 Å². The monoisotopic (exact) mass is 1190 g/mol. The van der Waals surface area contributed by atoms with Crippen molar-refractivity contribution >= 4 is 53.9 Å². The van der Waals surface area contributed by atoms with Gasteiger partial charge in [-0.25, -0.2) is 0 Å². The normalized spacial score (nSPS) is 10.0. The highest BCUT2D eigenvalue weighted by Gasteiger charge is 2.10. The Morgan fingerprint density at radius 1 is 0.256 bits per heavy atom. The zero-order chi connectivity index (χ0) is 64.6. The van der Waals surface area contributed by atoms with Gasteiger partial charge in [-0.3, -0.25) is 0 Å². The van der Waals surface area contributed by atoms with Crippen LogP contribution in [0.5, 0.6) is 34.5 Å². The minimum absolute atomic E-state index is 0.218. The van der Waals surface area contributed by atoms with Crippen molar-refractivity contribution in [3.8, 4) is 34.5 Å². The van der Waals surface area contributed by atoms with Crippen molar-refractivity contribution in [2.24, 2.45) is 0 Å². The van der Waals surface area contributed by atoms with Gasteiger partial charge in [0.2, 0.25) is 0 Å². The molecule has 0 spiro atoms. The van der Waals surface area contributed by atoms with Gasteiger partial charge >= 0.3 is 0 Å². The lowest BCUT2D eigenvalue weighted by molar-refractivity contribution is 0.303. The van der Waals surface area contributed by atoms with Crippen LogP contribution in [0.1, 0.15) is 99.9 Å². The summed E-state index contributed by atoms with van der Waals surface area (Å²) in [5.41, 5.74) is 9.66. The highest BCUT2D eigenvalue weighted by atomic mass is 16.5. The van der Waals surface area contributed by atoms with Gasteiger partial charge in [-0.2, -0.15) is 0 Å². The number of aromatic hydroxyl groups is 2. The lowest BCUT2D eigenvalue weighted by atomic mass is 10.0. The molecular formula is C84H90O6. The van der Waals surface area contributed by atoms with E-state index in [1.165, 1.54) is 76.5 Å². The van der Waals surface area contributed by atoms with Gasteiger partial charge in [0.05, 0.1) is 0 Å². The zero-order valence-electron chi connectivity index (χ0n) is 54.8. The van der Waals surface area contributed by atoms with Crippen LogP contribution in [0.15, 0.2) is 267 Å². The summed E-state index contributed by atoms with van der Waals surface area (Å²) in [6.45, 7) is 26.6. The number of hydrogen-bond acceptors (Lipinski definition) is 6. The molecule has 0 aliphatic rings. The smallest absolute Gasteiger partial charge is 0.131 e. The molecule has 0 saturated heterocycles. The predicted octanol–water partition coefficient (Wildman–Crippen LogP) is 23.6. The second-order valence-electron chi connectivity index (χ2n) is 20.4. The summed E-state index contributed by atoms with van der Waals surface area (Å²) in [5, 5.41) is 31.1. The van der Waals surface area contributed by atoms with Gasteiger partial charge in [0.15, 0.2) is 0 Å². The molecule has 13 aromatic carbocycles. The van der Waals surface area contributed by atoms with E-state index in [0.717, 1.165) is 33.4 Å². The van der Waals surface area contributed by atoms with Gasteiger partial charge in [0, 0.05) is 17.5 Å². The molecule has 90 heavy (non-hydrogen) atoms. The van der Waals surface area contributed by atoms with Crippen LogP contribution in [-0.2, 0) is 26.4 Å². The minimum atomic E-state index is 0.218. The average molecular weight is 1200 g/mol. The Morgan fingerprint density at radius 3 is 1.02 bits per heavy atom. The predicted molar refractivity (Wildman–Crippen MR) is 384 cm³/mol. The number of phenols is 2. The Hall–Kier alpha value is -10.0. The molecular weight excluding hydrogens is 1100 g/mol. The standard InChI is InChI=1S/C21H16O2.C20H20O.C18H16O.C17H14O2.4C2H6/c22-18-12-16-7-2-4-11-20(16)21(13-18)23-14-17-9-5-8-15-6-1-3-10-19(15)17;1-14-11-15(2)20(16(3)12-14)21-13-18-9-6-8-17-7-4-5-10-19(17)18;1-14-9-11-17(12-10-14)19-13-16-7-4-6-15-5-2-3-8-18(15)16;18-15-8-4-9-16(11-15)19-12-14-7-3-6-13-5-1-2-10-17(13)14;4*1-2/h1-13,22H,14H2;4-12H,13H2,1-3H3;2-12H,13H2,1H3;1-11,18H,12H2;4*1-2H3. The van der Waals surface area contributed by atoms with Gasteiger partial charge in [0.1, 0.15) is 60.9 Å². The van der Waals surface area contributed by atoms with Crippen molar-refractivity contribution in [3.05, 3.63) is 311 Å². The quantitative estimate of drug-likeness (QED) is 0.127. The Bertz CT molecular complexity index is 4220. The number of hydrogen-bond donors (Lipinski definition) is 2. The lowest BCUT2D eigenvalue weighted by Gasteiger charge is -2.14. The summed E-state index contributed by atoms with van der Waals surface area (Å²) >= 11 is 0. The molecule has 0 radical (unpaired) electrons. The SMILES string of the molecule is CC.CC.CC.CC.Cc1cc(C)c(OCc2cccc3ccccc23)c(C)c1.Cc1ccc(OCc2cccc3ccccc23)cc1.Oc1cc(OCc2cccc3ccccc23)c2ccccc2c1.Oc1cccc(OCc2cccc3ccccc23)c1. The first-order valence-electron chi connectivity index (χ1n) is 31.6. The van der Waals surface area contributed by atoms with E-state index in [1.54, 1.807) is 30.3 Å². The molecule has 0 atom stereocenters. The van der Waals surface area contributed by atoms with Gasteiger partial charge < -0.3 is 29.2 Å². The number of phenolic OH excluding ortho intramolecular Hbond substituents is 2. The number of fused-ring (bicyclic) bond motifs is 5. The molecule has 0 aromatic heterocycles. The van der Waals surface area contributed by atoms with Crippen LogP contribution >= 0.6 is 0 Å². The van der Waals surface area contributed by atoms with E-state index in [9.17, 15) is 10.2 Å². The molecule has 462 valence electrons. The second kappa shape index (κ2) is 37.0. The molecule has 0 amide bonds. The van der Waals surface area contributed by atoms with E-state index < -0.39 is 0 Å². The van der Waals surface area contributed by atoms with Gasteiger partial charge in [-0.1, -0.05) is 291 Å². The summed E-state index contributed by atoms with van der Waals surface area (Å²) in [6, 6.07) is 89.2. The van der Waals surface area contributed by atoms with E-state index in [0.29, 0.717) is 37.9 Å². The molecule has 0 saturated carbocycles. The third-order valence-corrected chi connectivity index (χ3v) is 14.3. The first-order valence-corrected chi connectivity index (χ1v) is 31.6.